The van der Waals surface area contributed by atoms with E-state index in [9.17, 15) is 9.50 Å². The third-order valence-corrected chi connectivity index (χ3v) is 4.14. The van der Waals surface area contributed by atoms with Crippen LogP contribution in [0.5, 0.6) is 0 Å². The molecule has 1 aliphatic heterocycles. The van der Waals surface area contributed by atoms with E-state index in [2.05, 4.69) is 19.9 Å². The van der Waals surface area contributed by atoms with Gasteiger partial charge in [0.2, 0.25) is 5.95 Å². The molecule has 1 unspecified atom stereocenters. The molecule has 0 amide bonds. The number of aliphatic hydroxyl groups is 1. The Bertz CT molecular complexity index is 872. The highest BCUT2D eigenvalue weighted by Crippen LogP contribution is 2.27. The van der Waals surface area contributed by atoms with Crippen LogP contribution in [0, 0.1) is 5.95 Å². The first kappa shape index (κ1) is 15.6. The van der Waals surface area contributed by atoms with Gasteiger partial charge in [-0.05, 0) is 30.7 Å². The third-order valence-electron chi connectivity index (χ3n) is 4.14. The summed E-state index contributed by atoms with van der Waals surface area (Å²) in [5, 5.41) is 9.82. The second-order valence-corrected chi connectivity index (χ2v) is 5.93. The number of anilines is 1. The van der Waals surface area contributed by atoms with Gasteiger partial charge in [-0.15, -0.1) is 0 Å². The van der Waals surface area contributed by atoms with Crippen LogP contribution in [0.4, 0.5) is 10.2 Å². The molecule has 25 heavy (non-hydrogen) atoms. The van der Waals surface area contributed by atoms with Gasteiger partial charge in [0.1, 0.15) is 5.82 Å². The van der Waals surface area contributed by atoms with Gasteiger partial charge >= 0.3 is 0 Å². The Balaban J connectivity index is 1.81. The van der Waals surface area contributed by atoms with E-state index in [-0.39, 0.29) is 6.10 Å². The van der Waals surface area contributed by atoms with Crippen molar-refractivity contribution in [3.8, 4) is 22.6 Å². The fourth-order valence-electron chi connectivity index (χ4n) is 2.85. The number of rotatable bonds is 3. The molecule has 126 valence electrons. The van der Waals surface area contributed by atoms with E-state index >= 15 is 0 Å². The van der Waals surface area contributed by atoms with Gasteiger partial charge in [0.15, 0.2) is 5.82 Å². The summed E-state index contributed by atoms with van der Waals surface area (Å²) in [5.74, 6) is 0.726. The maximum absolute atomic E-state index is 13.1. The highest BCUT2D eigenvalue weighted by Gasteiger charge is 2.23. The summed E-state index contributed by atoms with van der Waals surface area (Å²) in [6.45, 7) is 1.26. The van der Waals surface area contributed by atoms with Gasteiger partial charge in [0, 0.05) is 48.9 Å². The summed E-state index contributed by atoms with van der Waals surface area (Å²) in [4.78, 5) is 19.1. The number of β-amino-alcohol motifs (C(OH)–C–C–N with tert-alkyl or cyclic N) is 1. The van der Waals surface area contributed by atoms with Crippen LogP contribution in [0.25, 0.3) is 22.6 Å². The van der Waals surface area contributed by atoms with Crippen LogP contribution in [0.1, 0.15) is 6.42 Å². The number of halogens is 1. The highest BCUT2D eigenvalue weighted by molar-refractivity contribution is 5.67. The Hall–Kier alpha value is -2.93. The first-order valence-corrected chi connectivity index (χ1v) is 8.03. The van der Waals surface area contributed by atoms with Crippen LogP contribution in [0.15, 0.2) is 48.9 Å². The lowest BCUT2D eigenvalue weighted by atomic mass is 10.2. The van der Waals surface area contributed by atoms with Crippen molar-refractivity contribution < 1.29 is 9.50 Å². The van der Waals surface area contributed by atoms with Crippen LogP contribution in [-0.2, 0) is 0 Å². The lowest BCUT2D eigenvalue weighted by Crippen LogP contribution is -2.22. The van der Waals surface area contributed by atoms with Crippen LogP contribution < -0.4 is 4.90 Å². The SMILES string of the molecule is OC1CCN(c2cc(-c3ccc(F)nc3)nc(-c3cccnc3)n2)C1. The topological polar surface area (TPSA) is 75.0 Å². The Morgan fingerprint density at radius 2 is 2.04 bits per heavy atom. The zero-order chi connectivity index (χ0) is 17.2. The van der Waals surface area contributed by atoms with Crippen molar-refractivity contribution in [2.24, 2.45) is 0 Å². The molecule has 1 atom stereocenters. The standard InChI is InChI=1S/C18H16FN5O/c19-16-4-3-12(10-21-16)15-8-17(24-7-5-14(25)11-24)23-18(22-15)13-2-1-6-20-9-13/h1-4,6,8-10,14,25H,5,7,11H2. The van der Waals surface area contributed by atoms with E-state index in [0.717, 1.165) is 17.9 Å². The summed E-state index contributed by atoms with van der Waals surface area (Å²) < 4.78 is 13.1. The fourth-order valence-corrected chi connectivity index (χ4v) is 2.85. The van der Waals surface area contributed by atoms with Crippen molar-refractivity contribution in [3.05, 3.63) is 54.9 Å². The molecule has 0 radical (unpaired) electrons. The van der Waals surface area contributed by atoms with Gasteiger partial charge in [0.05, 0.1) is 11.8 Å². The molecule has 1 N–H and O–H groups in total. The van der Waals surface area contributed by atoms with E-state index in [1.54, 1.807) is 18.5 Å². The van der Waals surface area contributed by atoms with E-state index in [0.29, 0.717) is 30.0 Å². The number of nitrogens with zero attached hydrogens (tertiary/aromatic N) is 5. The Kier molecular flexibility index (Phi) is 4.07. The summed E-state index contributed by atoms with van der Waals surface area (Å²) >= 11 is 0. The second kappa shape index (κ2) is 6.52. The molecule has 1 saturated heterocycles. The maximum atomic E-state index is 13.1. The smallest absolute Gasteiger partial charge is 0.212 e. The van der Waals surface area contributed by atoms with E-state index in [1.165, 1.54) is 12.3 Å². The largest absolute Gasteiger partial charge is 0.391 e. The predicted octanol–water partition coefficient (Wildman–Crippen LogP) is 2.31. The fraction of sp³-hybridized carbons (Fsp3) is 0.222. The molecule has 1 aliphatic rings. The molecule has 0 bridgehead atoms. The number of hydrogen-bond acceptors (Lipinski definition) is 6. The average molecular weight is 337 g/mol. The number of hydrogen-bond donors (Lipinski definition) is 1. The summed E-state index contributed by atoms with van der Waals surface area (Å²) in [6, 6.07) is 8.50. The molecule has 1 fully saturated rings. The van der Waals surface area contributed by atoms with Gasteiger partial charge in [0.25, 0.3) is 0 Å². The molecule has 3 aromatic rings. The molecular formula is C18H16FN5O. The van der Waals surface area contributed by atoms with Crippen LogP contribution in [0.3, 0.4) is 0 Å². The molecule has 3 aromatic heterocycles. The van der Waals surface area contributed by atoms with Gasteiger partial charge in [-0.2, -0.15) is 4.39 Å². The second-order valence-electron chi connectivity index (χ2n) is 5.93. The normalized spacial score (nSPS) is 17.0. The van der Waals surface area contributed by atoms with Crippen LogP contribution in [0.2, 0.25) is 0 Å². The third kappa shape index (κ3) is 3.32. The average Bonchev–Trinajstić information content (AvgIpc) is 3.09. The molecular weight excluding hydrogens is 321 g/mol. The number of aromatic nitrogens is 4. The highest BCUT2D eigenvalue weighted by atomic mass is 19.1. The first-order chi connectivity index (χ1) is 12.2. The van der Waals surface area contributed by atoms with Crippen molar-refractivity contribution in [2.45, 2.75) is 12.5 Å². The van der Waals surface area contributed by atoms with Gasteiger partial charge in [-0.3, -0.25) is 4.98 Å². The van der Waals surface area contributed by atoms with Crippen LogP contribution >= 0.6 is 0 Å². The molecule has 4 heterocycles. The van der Waals surface area contributed by atoms with Gasteiger partial charge in [-0.25, -0.2) is 15.0 Å². The Morgan fingerprint density at radius 3 is 2.72 bits per heavy atom. The minimum Gasteiger partial charge on any atom is -0.391 e. The molecule has 0 aliphatic carbocycles. The first-order valence-electron chi connectivity index (χ1n) is 8.03. The zero-order valence-corrected chi connectivity index (χ0v) is 13.4. The van der Waals surface area contributed by atoms with E-state index in [1.807, 2.05) is 23.1 Å². The molecule has 6 nitrogen and oxygen atoms in total. The van der Waals surface area contributed by atoms with Gasteiger partial charge < -0.3 is 10.0 Å². The van der Waals surface area contributed by atoms with Crippen molar-refractivity contribution in [1.82, 2.24) is 19.9 Å². The lowest BCUT2D eigenvalue weighted by Gasteiger charge is -2.18. The molecule has 4 rings (SSSR count). The lowest BCUT2D eigenvalue weighted by molar-refractivity contribution is 0.198. The maximum Gasteiger partial charge on any atom is 0.212 e. The Labute approximate surface area is 144 Å². The quantitative estimate of drug-likeness (QED) is 0.739. The number of aliphatic hydroxyl groups excluding tert-OH is 1. The minimum atomic E-state index is -0.534. The minimum absolute atomic E-state index is 0.354. The molecule has 0 saturated carbocycles. The molecule has 0 aromatic carbocycles. The molecule has 0 spiro atoms. The molecule has 7 heteroatoms. The van der Waals surface area contributed by atoms with Crippen molar-refractivity contribution in [3.63, 3.8) is 0 Å². The van der Waals surface area contributed by atoms with Gasteiger partial charge in [-0.1, -0.05) is 0 Å². The monoisotopic (exact) mass is 337 g/mol. The number of pyridine rings is 2. The zero-order valence-electron chi connectivity index (χ0n) is 13.4. The van der Waals surface area contributed by atoms with E-state index in [4.69, 9.17) is 0 Å². The Morgan fingerprint density at radius 1 is 1.12 bits per heavy atom. The van der Waals surface area contributed by atoms with Crippen molar-refractivity contribution in [1.29, 1.82) is 0 Å². The van der Waals surface area contributed by atoms with Crippen LogP contribution in [-0.4, -0.2) is 44.2 Å². The summed E-state index contributed by atoms with van der Waals surface area (Å²) in [7, 11) is 0. The van der Waals surface area contributed by atoms with E-state index < -0.39 is 5.95 Å². The summed E-state index contributed by atoms with van der Waals surface area (Å²) in [6.07, 6.45) is 5.19. The van der Waals surface area contributed by atoms with Crippen molar-refractivity contribution in [2.75, 3.05) is 18.0 Å². The summed E-state index contributed by atoms with van der Waals surface area (Å²) in [5.41, 5.74) is 2.15. The van der Waals surface area contributed by atoms with Crippen molar-refractivity contribution >= 4 is 5.82 Å². The predicted molar refractivity (Wildman–Crippen MR) is 91.3 cm³/mol.